The predicted octanol–water partition coefficient (Wildman–Crippen LogP) is -2.40. The third kappa shape index (κ3) is 410. The number of quaternary nitrogens is 1. The van der Waals surface area contributed by atoms with E-state index in [2.05, 4.69) is 0 Å². The Balaban J connectivity index is -0.0000000150. The van der Waals surface area contributed by atoms with Crippen molar-refractivity contribution in [3.05, 3.63) is 0 Å². The monoisotopic (exact) mass is 135 g/mol. The van der Waals surface area contributed by atoms with E-state index in [1.54, 1.807) is 0 Å². The summed E-state index contributed by atoms with van der Waals surface area (Å²) in [6.07, 6.45) is -1.83. The molecule has 0 aliphatic carbocycles. The van der Waals surface area contributed by atoms with E-state index < -0.39 is 6.16 Å². The number of rotatable bonds is 0. The fraction of sp³-hybridized carbons (Fsp3) is 0. The zero-order valence-electron chi connectivity index (χ0n) is 4.21. The van der Waals surface area contributed by atoms with Gasteiger partial charge in [0.2, 0.25) is 0 Å². The molecule has 0 aliphatic rings. The van der Waals surface area contributed by atoms with E-state index in [-0.39, 0.29) is 49.2 Å². The molecule has 40 valence electrons. The summed E-state index contributed by atoms with van der Waals surface area (Å²) in [6, 6.07) is 0. The average molecular weight is 135 g/mol. The molecule has 0 fully saturated rings. The van der Waals surface area contributed by atoms with Crippen LogP contribution in [-0.4, -0.2) is 16.4 Å². The Labute approximate surface area is 70.2 Å². The Bertz CT molecular complexity index is 37.9. The minimum absolute atomic E-state index is 0. The average Bonchev–Trinajstić information content (AvgIpc) is 0.811. The largest absolute Gasteiger partial charge is 2.00 e. The van der Waals surface area contributed by atoms with Crippen LogP contribution in [0.1, 0.15) is 0 Å². The quantitative estimate of drug-likeness (QED) is 0.323. The van der Waals surface area contributed by atoms with E-state index in [0.29, 0.717) is 0 Å². The smallest absolute Gasteiger partial charge is 1.00 e. The topological polar surface area (TPSA) is 94.0 Å². The second kappa shape index (κ2) is 16.0. The van der Waals surface area contributed by atoms with Crippen molar-refractivity contribution >= 4 is 19.7 Å². The van der Waals surface area contributed by atoms with Crippen molar-refractivity contribution in [3.8, 4) is 0 Å². The summed E-state index contributed by atoms with van der Waals surface area (Å²) < 4.78 is 0. The zero-order valence-corrected chi connectivity index (χ0v) is 7.03. The van der Waals surface area contributed by atoms with Gasteiger partial charge in [-0.2, -0.15) is 0 Å². The molecular formula is CH6NNaO3S. The summed E-state index contributed by atoms with van der Waals surface area (Å²) in [6.45, 7) is 0. The van der Waals surface area contributed by atoms with E-state index in [0.717, 1.165) is 0 Å². The maximum atomic E-state index is 8.56. The molecule has 0 unspecified atom stereocenters. The molecular weight excluding hydrogens is 129 g/mol. The van der Waals surface area contributed by atoms with E-state index in [9.17, 15) is 0 Å². The second-order valence-electron chi connectivity index (χ2n) is 0.283. The summed E-state index contributed by atoms with van der Waals surface area (Å²) in [7, 11) is 0. The Morgan fingerprint density at radius 1 is 1.29 bits per heavy atom. The predicted molar refractivity (Wildman–Crippen MR) is 24.0 cm³/mol. The molecule has 0 radical (unpaired) electrons. The van der Waals surface area contributed by atoms with Crippen molar-refractivity contribution in [2.45, 2.75) is 0 Å². The van der Waals surface area contributed by atoms with Crippen molar-refractivity contribution in [1.29, 1.82) is 0 Å². The first-order chi connectivity index (χ1) is 1.73. The van der Waals surface area contributed by atoms with Gasteiger partial charge in [-0.3, -0.25) is 0 Å². The van der Waals surface area contributed by atoms with Gasteiger partial charge in [-0.15, -0.1) is 0 Å². The van der Waals surface area contributed by atoms with Gasteiger partial charge in [-0.25, -0.2) is 4.79 Å². The summed E-state index contributed by atoms with van der Waals surface area (Å²) in [5.74, 6) is 0. The summed E-state index contributed by atoms with van der Waals surface area (Å²) in [4.78, 5) is 8.56. The molecule has 0 heterocycles. The van der Waals surface area contributed by atoms with Gasteiger partial charge in [0.05, 0.1) is 0 Å². The van der Waals surface area contributed by atoms with E-state index >= 15 is 0 Å². The molecule has 0 aromatic rings. The fourth-order valence-electron chi connectivity index (χ4n) is 0. The molecule has 0 amide bonds. The van der Waals surface area contributed by atoms with E-state index in [4.69, 9.17) is 15.0 Å². The third-order valence-electron chi connectivity index (χ3n) is 0. The number of carboxylic acid groups (broad SMARTS) is 2. The minimum atomic E-state index is -1.83. The first-order valence-corrected chi connectivity index (χ1v) is 0.651. The molecule has 0 aromatic heterocycles. The maximum Gasteiger partial charge on any atom is 1.00 e. The molecule has 4 nitrogen and oxygen atoms in total. The van der Waals surface area contributed by atoms with Crippen LogP contribution in [0.25, 0.3) is 0 Å². The maximum absolute atomic E-state index is 8.56. The first kappa shape index (κ1) is 25.6. The Hall–Kier alpha value is 0.580. The molecule has 0 aromatic carbocycles. The molecule has 0 rings (SSSR count). The van der Waals surface area contributed by atoms with Gasteiger partial charge in [0.15, 0.2) is 0 Å². The number of carbonyl (C=O) groups is 1. The standard InChI is InChI=1S/CH2O3.H3N.Na.S/c2-1(3)4;;;/h(H2,2,3,4);1H3;;/q;;+1;-2/p+1. The Morgan fingerprint density at radius 3 is 1.29 bits per heavy atom. The normalized spacial score (nSPS) is 3.43. The van der Waals surface area contributed by atoms with Crippen LogP contribution in [-0.2, 0) is 13.5 Å². The van der Waals surface area contributed by atoms with E-state index in [1.807, 2.05) is 0 Å². The Kier molecular flexibility index (Phi) is 58.5. The first-order valence-electron chi connectivity index (χ1n) is 0.651. The molecule has 0 spiro atoms. The van der Waals surface area contributed by atoms with Crippen molar-refractivity contribution in [2.75, 3.05) is 0 Å². The van der Waals surface area contributed by atoms with Crippen molar-refractivity contribution in [1.82, 2.24) is 6.15 Å². The van der Waals surface area contributed by atoms with Crippen LogP contribution in [0, 0.1) is 0 Å². The van der Waals surface area contributed by atoms with Gasteiger partial charge in [-0.1, -0.05) is 0 Å². The van der Waals surface area contributed by atoms with E-state index in [1.165, 1.54) is 0 Å². The summed E-state index contributed by atoms with van der Waals surface area (Å²) >= 11 is 0. The van der Waals surface area contributed by atoms with Crippen LogP contribution in [0.3, 0.4) is 0 Å². The van der Waals surface area contributed by atoms with Crippen LogP contribution < -0.4 is 35.7 Å². The molecule has 0 atom stereocenters. The van der Waals surface area contributed by atoms with Crippen molar-refractivity contribution < 1.29 is 44.6 Å². The van der Waals surface area contributed by atoms with Gasteiger partial charge < -0.3 is 29.9 Å². The van der Waals surface area contributed by atoms with Gasteiger partial charge in [0, 0.05) is 0 Å². The van der Waals surface area contributed by atoms with Gasteiger partial charge in [0.25, 0.3) is 0 Å². The SMILES string of the molecule is O=C(O)O.[NH4+].[Na+].[S-2]. The number of hydrogen-bond acceptors (Lipinski definition) is 1. The van der Waals surface area contributed by atoms with Crippen molar-refractivity contribution in [2.24, 2.45) is 0 Å². The molecule has 0 aliphatic heterocycles. The zero-order chi connectivity index (χ0) is 3.58. The minimum Gasteiger partial charge on any atom is -2.00 e. The van der Waals surface area contributed by atoms with Crippen LogP contribution >= 0.6 is 0 Å². The van der Waals surface area contributed by atoms with Gasteiger partial charge in [0.1, 0.15) is 0 Å². The number of hydrogen-bond donors (Lipinski definition) is 3. The molecule has 6 N–H and O–H groups in total. The molecule has 0 saturated heterocycles. The molecule has 0 bridgehead atoms. The summed E-state index contributed by atoms with van der Waals surface area (Å²) in [5.41, 5.74) is 0. The van der Waals surface area contributed by atoms with Gasteiger partial charge in [-0.05, 0) is 0 Å². The van der Waals surface area contributed by atoms with Crippen LogP contribution in [0.15, 0.2) is 0 Å². The van der Waals surface area contributed by atoms with Crippen LogP contribution in [0.2, 0.25) is 0 Å². The molecule has 7 heavy (non-hydrogen) atoms. The van der Waals surface area contributed by atoms with Crippen LogP contribution in [0.5, 0.6) is 0 Å². The Morgan fingerprint density at radius 2 is 1.29 bits per heavy atom. The second-order valence-corrected chi connectivity index (χ2v) is 0.283. The molecule has 0 saturated carbocycles. The summed E-state index contributed by atoms with van der Waals surface area (Å²) in [5, 5.41) is 13.9. The van der Waals surface area contributed by atoms with Crippen LogP contribution in [0.4, 0.5) is 4.79 Å². The van der Waals surface area contributed by atoms with Gasteiger partial charge >= 0.3 is 35.7 Å². The fourth-order valence-corrected chi connectivity index (χ4v) is 0. The molecule has 6 heteroatoms. The van der Waals surface area contributed by atoms with Crippen molar-refractivity contribution in [3.63, 3.8) is 0 Å². The third-order valence-corrected chi connectivity index (χ3v) is 0.